The van der Waals surface area contributed by atoms with Crippen molar-refractivity contribution in [3.05, 3.63) is 29.3 Å². The molecule has 0 fully saturated rings. The second kappa shape index (κ2) is 4.47. The van der Waals surface area contributed by atoms with E-state index >= 15 is 0 Å². The summed E-state index contributed by atoms with van der Waals surface area (Å²) in [4.78, 5) is 11.5. The fourth-order valence-electron chi connectivity index (χ4n) is 1.80. The van der Waals surface area contributed by atoms with Crippen LogP contribution in [0.2, 0.25) is 0 Å². The maximum atomic E-state index is 11.5. The SMILES string of the molecule is CNc1ccc2c(c1)CCCC2=O.Cl. The molecule has 2 rings (SSSR count). The highest BCUT2D eigenvalue weighted by Crippen LogP contribution is 2.23. The van der Waals surface area contributed by atoms with Gasteiger partial charge < -0.3 is 5.32 Å². The van der Waals surface area contributed by atoms with Gasteiger partial charge in [0, 0.05) is 24.7 Å². The Balaban J connectivity index is 0.000000980. The Labute approximate surface area is 90.1 Å². The zero-order chi connectivity index (χ0) is 9.26. The summed E-state index contributed by atoms with van der Waals surface area (Å²) < 4.78 is 0. The molecule has 0 unspecified atom stereocenters. The minimum atomic E-state index is 0. The summed E-state index contributed by atoms with van der Waals surface area (Å²) in [6.45, 7) is 0. The average molecular weight is 212 g/mol. The molecule has 0 atom stereocenters. The van der Waals surface area contributed by atoms with Crippen molar-refractivity contribution in [2.24, 2.45) is 0 Å². The van der Waals surface area contributed by atoms with Gasteiger partial charge in [0.1, 0.15) is 0 Å². The number of aryl methyl sites for hydroxylation is 1. The van der Waals surface area contributed by atoms with E-state index in [1.54, 1.807) is 0 Å². The van der Waals surface area contributed by atoms with Crippen LogP contribution in [0.15, 0.2) is 18.2 Å². The lowest BCUT2D eigenvalue weighted by atomic mass is 9.90. The minimum Gasteiger partial charge on any atom is -0.388 e. The molecule has 76 valence electrons. The van der Waals surface area contributed by atoms with Gasteiger partial charge in [0.25, 0.3) is 0 Å². The summed E-state index contributed by atoms with van der Waals surface area (Å²) >= 11 is 0. The van der Waals surface area contributed by atoms with Gasteiger partial charge in [-0.1, -0.05) is 0 Å². The Hall–Kier alpha value is -1.02. The zero-order valence-electron chi connectivity index (χ0n) is 8.17. The molecule has 0 spiro atoms. The maximum absolute atomic E-state index is 11.5. The monoisotopic (exact) mass is 211 g/mol. The number of ketones is 1. The fraction of sp³-hybridized carbons (Fsp3) is 0.364. The molecule has 1 aliphatic rings. The van der Waals surface area contributed by atoms with E-state index in [1.165, 1.54) is 5.56 Å². The number of anilines is 1. The van der Waals surface area contributed by atoms with E-state index < -0.39 is 0 Å². The molecule has 1 aliphatic carbocycles. The van der Waals surface area contributed by atoms with Gasteiger partial charge in [0.05, 0.1) is 0 Å². The molecule has 2 nitrogen and oxygen atoms in total. The minimum absolute atomic E-state index is 0. The summed E-state index contributed by atoms with van der Waals surface area (Å²) in [6.07, 6.45) is 2.75. The molecule has 1 aromatic carbocycles. The molecule has 0 saturated carbocycles. The number of benzene rings is 1. The van der Waals surface area contributed by atoms with E-state index in [0.717, 1.165) is 24.1 Å². The number of halogens is 1. The normalized spacial score (nSPS) is 14.2. The first-order chi connectivity index (χ1) is 6.31. The largest absolute Gasteiger partial charge is 0.388 e. The van der Waals surface area contributed by atoms with Crippen LogP contribution in [0.1, 0.15) is 28.8 Å². The van der Waals surface area contributed by atoms with Gasteiger partial charge >= 0.3 is 0 Å². The molecular formula is C11H14ClNO. The van der Waals surface area contributed by atoms with E-state index in [9.17, 15) is 4.79 Å². The molecule has 0 radical (unpaired) electrons. The third-order valence-corrected chi connectivity index (χ3v) is 2.54. The fourth-order valence-corrected chi connectivity index (χ4v) is 1.80. The van der Waals surface area contributed by atoms with E-state index in [4.69, 9.17) is 0 Å². The van der Waals surface area contributed by atoms with Gasteiger partial charge in [-0.15, -0.1) is 12.4 Å². The summed E-state index contributed by atoms with van der Waals surface area (Å²) in [5.74, 6) is 0.295. The van der Waals surface area contributed by atoms with Crippen LogP contribution in [-0.2, 0) is 6.42 Å². The van der Waals surface area contributed by atoms with Crippen molar-refractivity contribution >= 4 is 23.9 Å². The number of carbonyl (C=O) groups excluding carboxylic acids is 1. The molecule has 14 heavy (non-hydrogen) atoms. The number of Topliss-reactive ketones (excluding diaryl/α,β-unsaturated/α-hetero) is 1. The first-order valence-corrected chi connectivity index (χ1v) is 4.65. The lowest BCUT2D eigenvalue weighted by Crippen LogP contribution is -2.10. The van der Waals surface area contributed by atoms with Crippen LogP contribution in [0.3, 0.4) is 0 Å². The number of rotatable bonds is 1. The lowest BCUT2D eigenvalue weighted by molar-refractivity contribution is 0.0972. The van der Waals surface area contributed by atoms with Gasteiger partial charge in [0.2, 0.25) is 0 Å². The quantitative estimate of drug-likeness (QED) is 0.774. The van der Waals surface area contributed by atoms with Crippen LogP contribution >= 0.6 is 12.4 Å². The first-order valence-electron chi connectivity index (χ1n) is 4.65. The summed E-state index contributed by atoms with van der Waals surface area (Å²) in [5.41, 5.74) is 3.21. The molecule has 0 amide bonds. The molecule has 0 heterocycles. The molecule has 0 saturated heterocycles. The standard InChI is InChI=1S/C11H13NO.ClH/c1-12-9-5-6-10-8(7-9)3-2-4-11(10)13;/h5-7,12H,2-4H2,1H3;1H. The predicted molar refractivity (Wildman–Crippen MR) is 60.5 cm³/mol. The van der Waals surface area contributed by atoms with E-state index in [0.29, 0.717) is 12.2 Å². The zero-order valence-corrected chi connectivity index (χ0v) is 8.99. The Morgan fingerprint density at radius 2 is 2.07 bits per heavy atom. The Kier molecular flexibility index (Phi) is 3.53. The number of carbonyl (C=O) groups is 1. The maximum Gasteiger partial charge on any atom is 0.163 e. The van der Waals surface area contributed by atoms with Gasteiger partial charge in [-0.25, -0.2) is 0 Å². The van der Waals surface area contributed by atoms with Gasteiger partial charge in [-0.05, 0) is 36.6 Å². The second-order valence-electron chi connectivity index (χ2n) is 3.40. The molecule has 0 aliphatic heterocycles. The molecular weight excluding hydrogens is 198 g/mol. The molecule has 0 bridgehead atoms. The van der Waals surface area contributed by atoms with Crippen LogP contribution in [0.25, 0.3) is 0 Å². The number of nitrogens with one attached hydrogen (secondary N) is 1. The van der Waals surface area contributed by atoms with Crippen molar-refractivity contribution in [2.75, 3.05) is 12.4 Å². The summed E-state index contributed by atoms with van der Waals surface area (Å²) in [7, 11) is 1.90. The van der Waals surface area contributed by atoms with E-state index in [1.807, 2.05) is 19.2 Å². The van der Waals surface area contributed by atoms with Crippen molar-refractivity contribution in [1.29, 1.82) is 0 Å². The number of hydrogen-bond acceptors (Lipinski definition) is 2. The lowest BCUT2D eigenvalue weighted by Gasteiger charge is -2.15. The van der Waals surface area contributed by atoms with Crippen molar-refractivity contribution in [1.82, 2.24) is 0 Å². The average Bonchev–Trinajstić information content (AvgIpc) is 2.18. The summed E-state index contributed by atoms with van der Waals surface area (Å²) in [5, 5.41) is 3.08. The first kappa shape index (κ1) is 11.1. The second-order valence-corrected chi connectivity index (χ2v) is 3.40. The van der Waals surface area contributed by atoms with Crippen LogP contribution in [0.5, 0.6) is 0 Å². The van der Waals surface area contributed by atoms with Crippen molar-refractivity contribution in [2.45, 2.75) is 19.3 Å². The van der Waals surface area contributed by atoms with Crippen LogP contribution in [-0.4, -0.2) is 12.8 Å². The van der Waals surface area contributed by atoms with Crippen LogP contribution < -0.4 is 5.32 Å². The van der Waals surface area contributed by atoms with E-state index in [2.05, 4.69) is 11.4 Å². The van der Waals surface area contributed by atoms with Gasteiger partial charge in [-0.2, -0.15) is 0 Å². The van der Waals surface area contributed by atoms with Crippen molar-refractivity contribution in [3.63, 3.8) is 0 Å². The highest BCUT2D eigenvalue weighted by molar-refractivity contribution is 5.98. The highest BCUT2D eigenvalue weighted by Gasteiger charge is 2.16. The van der Waals surface area contributed by atoms with Crippen molar-refractivity contribution in [3.8, 4) is 0 Å². The van der Waals surface area contributed by atoms with Crippen LogP contribution in [0.4, 0.5) is 5.69 Å². The third-order valence-electron chi connectivity index (χ3n) is 2.54. The van der Waals surface area contributed by atoms with Crippen LogP contribution in [0, 0.1) is 0 Å². The molecule has 1 aromatic rings. The smallest absolute Gasteiger partial charge is 0.163 e. The molecule has 3 heteroatoms. The predicted octanol–water partition coefficient (Wildman–Crippen LogP) is 2.67. The summed E-state index contributed by atoms with van der Waals surface area (Å²) in [6, 6.07) is 5.97. The van der Waals surface area contributed by atoms with Gasteiger partial charge in [-0.3, -0.25) is 4.79 Å². The Morgan fingerprint density at radius 3 is 2.79 bits per heavy atom. The highest BCUT2D eigenvalue weighted by atomic mass is 35.5. The molecule has 0 aromatic heterocycles. The Bertz CT molecular complexity index is 349. The Morgan fingerprint density at radius 1 is 1.29 bits per heavy atom. The topological polar surface area (TPSA) is 29.1 Å². The van der Waals surface area contributed by atoms with Crippen molar-refractivity contribution < 1.29 is 4.79 Å². The molecule has 1 N–H and O–H groups in total. The van der Waals surface area contributed by atoms with E-state index in [-0.39, 0.29) is 12.4 Å². The number of fused-ring (bicyclic) bond motifs is 1. The number of hydrogen-bond donors (Lipinski definition) is 1. The third kappa shape index (κ3) is 1.90. The van der Waals surface area contributed by atoms with Gasteiger partial charge in [0.15, 0.2) is 5.78 Å².